The van der Waals surface area contributed by atoms with Crippen LogP contribution in [0.4, 0.5) is 10.1 Å². The predicted octanol–water partition coefficient (Wildman–Crippen LogP) is 3.78. The molecule has 0 spiro atoms. The number of hydrogen-bond donors (Lipinski definition) is 3. The second-order valence-electron chi connectivity index (χ2n) is 7.86. The van der Waals surface area contributed by atoms with Gasteiger partial charge in [0.15, 0.2) is 0 Å². The molecule has 1 amide bonds. The average Bonchev–Trinajstić information content (AvgIpc) is 2.71. The molecule has 0 radical (unpaired) electrons. The molecule has 9 heteroatoms. The molecule has 0 saturated carbocycles. The molecule has 1 aliphatic rings. The number of sulfonamides is 1. The Labute approximate surface area is 189 Å². The Morgan fingerprint density at radius 2 is 1.77 bits per heavy atom. The van der Waals surface area contributed by atoms with Crippen molar-refractivity contribution in [3.8, 4) is 0 Å². The Bertz CT molecular complexity index is 1020. The van der Waals surface area contributed by atoms with E-state index in [0.29, 0.717) is 11.1 Å². The molecule has 31 heavy (non-hydrogen) atoms. The highest BCUT2D eigenvalue weighted by molar-refractivity contribution is 7.89. The van der Waals surface area contributed by atoms with E-state index in [9.17, 15) is 17.6 Å². The van der Waals surface area contributed by atoms with Crippen molar-refractivity contribution < 1.29 is 17.6 Å². The summed E-state index contributed by atoms with van der Waals surface area (Å²) in [7, 11) is -3.88. The maximum absolute atomic E-state index is 14.8. The largest absolute Gasteiger partial charge is 0.319 e. The smallest absolute Gasteiger partial charge is 0.256 e. The van der Waals surface area contributed by atoms with E-state index in [-0.39, 0.29) is 34.9 Å². The summed E-state index contributed by atoms with van der Waals surface area (Å²) in [6.45, 7) is 6.93. The Hall–Kier alpha value is -2.00. The fourth-order valence-corrected chi connectivity index (χ4v) is 5.20. The standard InChI is InChI=1S/C22H28FN3O3S.ClH/c1-14-6-4-5-7-19(14)22(27)25-21-15(2)12-18(13-20(21)23)30(28,29)26-16(3)17-8-10-24-11-9-17;/h4-7,12-13,16-17,24,26H,8-11H2,1-3H3,(H,25,27);1H/t16-;/m1./s1. The van der Waals surface area contributed by atoms with Gasteiger partial charge >= 0.3 is 0 Å². The van der Waals surface area contributed by atoms with Crippen molar-refractivity contribution in [1.82, 2.24) is 10.0 Å². The van der Waals surface area contributed by atoms with Crippen molar-refractivity contribution in [2.75, 3.05) is 18.4 Å². The summed E-state index contributed by atoms with van der Waals surface area (Å²) in [6, 6.07) is 9.09. The fraction of sp³-hybridized carbons (Fsp3) is 0.409. The molecule has 0 aliphatic carbocycles. The topological polar surface area (TPSA) is 87.3 Å². The highest BCUT2D eigenvalue weighted by atomic mass is 35.5. The molecule has 1 fully saturated rings. The van der Waals surface area contributed by atoms with Crippen LogP contribution in [-0.4, -0.2) is 33.5 Å². The third-order valence-corrected chi connectivity index (χ3v) is 7.17. The van der Waals surface area contributed by atoms with Crippen molar-refractivity contribution in [3.05, 3.63) is 58.9 Å². The lowest BCUT2D eigenvalue weighted by atomic mass is 9.92. The van der Waals surface area contributed by atoms with Gasteiger partial charge in [0.2, 0.25) is 10.0 Å². The molecular weight excluding hydrogens is 441 g/mol. The minimum Gasteiger partial charge on any atom is -0.319 e. The molecule has 0 aromatic heterocycles. The third-order valence-electron chi connectivity index (χ3n) is 5.63. The van der Waals surface area contributed by atoms with Crippen LogP contribution in [0.1, 0.15) is 41.3 Å². The highest BCUT2D eigenvalue weighted by Gasteiger charge is 2.26. The van der Waals surface area contributed by atoms with Crippen LogP contribution in [0, 0.1) is 25.6 Å². The van der Waals surface area contributed by atoms with E-state index in [1.54, 1.807) is 32.0 Å². The van der Waals surface area contributed by atoms with Gasteiger partial charge in [0.25, 0.3) is 5.91 Å². The average molecular weight is 470 g/mol. The molecule has 170 valence electrons. The first kappa shape index (κ1) is 25.3. The number of halogens is 2. The van der Waals surface area contributed by atoms with Crippen LogP contribution in [0.3, 0.4) is 0 Å². The number of anilines is 1. The number of carbonyl (C=O) groups is 1. The molecule has 1 aliphatic heterocycles. The van der Waals surface area contributed by atoms with Crippen LogP contribution in [-0.2, 0) is 10.0 Å². The molecule has 3 N–H and O–H groups in total. The lowest BCUT2D eigenvalue weighted by molar-refractivity contribution is 0.102. The van der Waals surface area contributed by atoms with E-state index in [4.69, 9.17) is 0 Å². The van der Waals surface area contributed by atoms with Crippen LogP contribution >= 0.6 is 12.4 Å². The van der Waals surface area contributed by atoms with E-state index in [0.717, 1.165) is 37.6 Å². The lowest BCUT2D eigenvalue weighted by Crippen LogP contribution is -2.42. The number of piperidine rings is 1. The Balaban J connectivity index is 0.00000341. The normalized spacial score (nSPS) is 15.7. The number of rotatable bonds is 6. The number of benzene rings is 2. The summed E-state index contributed by atoms with van der Waals surface area (Å²) >= 11 is 0. The second kappa shape index (κ2) is 10.5. The zero-order chi connectivity index (χ0) is 21.9. The van der Waals surface area contributed by atoms with Gasteiger partial charge in [-0.05, 0) is 81.9 Å². The number of carbonyl (C=O) groups excluding carboxylic acids is 1. The lowest BCUT2D eigenvalue weighted by Gasteiger charge is -2.28. The van der Waals surface area contributed by atoms with Gasteiger partial charge in [0.05, 0.1) is 10.6 Å². The van der Waals surface area contributed by atoms with Gasteiger partial charge < -0.3 is 10.6 Å². The molecule has 0 bridgehead atoms. The van der Waals surface area contributed by atoms with Crippen molar-refractivity contribution >= 4 is 34.0 Å². The van der Waals surface area contributed by atoms with Crippen LogP contribution in [0.2, 0.25) is 0 Å². The molecular formula is C22H29ClFN3O3S. The Morgan fingerprint density at radius 3 is 2.39 bits per heavy atom. The maximum atomic E-state index is 14.8. The van der Waals surface area contributed by atoms with Crippen molar-refractivity contribution in [2.45, 2.75) is 44.6 Å². The molecule has 2 aromatic carbocycles. The molecule has 1 heterocycles. The number of nitrogens with one attached hydrogen (secondary N) is 3. The Morgan fingerprint density at radius 1 is 1.13 bits per heavy atom. The zero-order valence-electron chi connectivity index (χ0n) is 17.9. The molecule has 1 saturated heterocycles. The van der Waals surface area contributed by atoms with Gasteiger partial charge in [-0.1, -0.05) is 18.2 Å². The first-order valence-corrected chi connectivity index (χ1v) is 11.6. The van der Waals surface area contributed by atoms with Gasteiger partial charge in [-0.3, -0.25) is 4.79 Å². The van der Waals surface area contributed by atoms with Crippen LogP contribution in [0.15, 0.2) is 41.3 Å². The molecule has 0 unspecified atom stereocenters. The molecule has 6 nitrogen and oxygen atoms in total. The van der Waals surface area contributed by atoms with Gasteiger partial charge in [0.1, 0.15) is 5.82 Å². The summed E-state index contributed by atoms with van der Waals surface area (Å²) < 4.78 is 43.1. The highest BCUT2D eigenvalue weighted by Crippen LogP contribution is 2.26. The van der Waals surface area contributed by atoms with Crippen molar-refractivity contribution in [1.29, 1.82) is 0 Å². The predicted molar refractivity (Wildman–Crippen MR) is 123 cm³/mol. The first-order chi connectivity index (χ1) is 14.2. The molecule has 1 atom stereocenters. The zero-order valence-corrected chi connectivity index (χ0v) is 19.5. The first-order valence-electron chi connectivity index (χ1n) is 10.1. The minimum atomic E-state index is -3.88. The SMILES string of the molecule is Cc1ccccc1C(=O)Nc1c(C)cc(S(=O)(=O)N[C@H](C)C2CCNCC2)cc1F.Cl. The number of amides is 1. The minimum absolute atomic E-state index is 0. The monoisotopic (exact) mass is 469 g/mol. The van der Waals surface area contributed by atoms with Gasteiger partial charge in [-0.2, -0.15) is 0 Å². The maximum Gasteiger partial charge on any atom is 0.256 e. The fourth-order valence-electron chi connectivity index (χ4n) is 3.79. The van der Waals surface area contributed by atoms with E-state index in [2.05, 4.69) is 15.4 Å². The second-order valence-corrected chi connectivity index (χ2v) is 9.58. The van der Waals surface area contributed by atoms with E-state index < -0.39 is 21.7 Å². The van der Waals surface area contributed by atoms with Gasteiger partial charge in [-0.25, -0.2) is 17.5 Å². The van der Waals surface area contributed by atoms with E-state index in [1.807, 2.05) is 13.0 Å². The number of hydrogen-bond acceptors (Lipinski definition) is 4. The Kier molecular flexibility index (Phi) is 8.59. The quantitative estimate of drug-likeness (QED) is 0.600. The van der Waals surface area contributed by atoms with Gasteiger partial charge in [-0.15, -0.1) is 12.4 Å². The third kappa shape index (κ3) is 6.04. The number of aryl methyl sites for hydroxylation is 2. The van der Waals surface area contributed by atoms with Gasteiger partial charge in [0, 0.05) is 11.6 Å². The van der Waals surface area contributed by atoms with Crippen LogP contribution < -0.4 is 15.4 Å². The van der Waals surface area contributed by atoms with Crippen LogP contribution in [0.25, 0.3) is 0 Å². The molecule has 2 aromatic rings. The van der Waals surface area contributed by atoms with E-state index in [1.165, 1.54) is 6.07 Å². The summed E-state index contributed by atoms with van der Waals surface area (Å²) in [5.74, 6) is -0.991. The molecule has 3 rings (SSSR count). The summed E-state index contributed by atoms with van der Waals surface area (Å²) in [5.41, 5.74) is 1.52. The van der Waals surface area contributed by atoms with Crippen molar-refractivity contribution in [2.24, 2.45) is 5.92 Å². The van der Waals surface area contributed by atoms with Crippen molar-refractivity contribution in [3.63, 3.8) is 0 Å². The van der Waals surface area contributed by atoms with Crippen LogP contribution in [0.5, 0.6) is 0 Å². The summed E-state index contributed by atoms with van der Waals surface area (Å²) in [5, 5.41) is 5.83. The summed E-state index contributed by atoms with van der Waals surface area (Å²) in [6.07, 6.45) is 1.78. The summed E-state index contributed by atoms with van der Waals surface area (Å²) in [4.78, 5) is 12.4. The van der Waals surface area contributed by atoms with E-state index >= 15 is 0 Å².